The summed E-state index contributed by atoms with van der Waals surface area (Å²) in [6, 6.07) is 0. The number of aromatic amines is 1. The summed E-state index contributed by atoms with van der Waals surface area (Å²) in [6.07, 6.45) is 1.78. The smallest absolute Gasteiger partial charge is 0.330 e. The van der Waals surface area contributed by atoms with Crippen LogP contribution in [-0.2, 0) is 4.74 Å². The Balaban J connectivity index is 2.46. The maximum absolute atomic E-state index is 11.8. The van der Waals surface area contributed by atoms with Gasteiger partial charge >= 0.3 is 5.69 Å². The van der Waals surface area contributed by atoms with E-state index in [-0.39, 0.29) is 17.2 Å². The molecule has 5 nitrogen and oxygen atoms in total. The molecule has 1 aromatic heterocycles. The predicted molar refractivity (Wildman–Crippen MR) is 76.2 cm³/mol. The highest BCUT2D eigenvalue weighted by Gasteiger charge is 2.32. The summed E-state index contributed by atoms with van der Waals surface area (Å²) in [5.41, 5.74) is -0.611. The number of aromatic nitrogens is 2. The van der Waals surface area contributed by atoms with Crippen LogP contribution in [0.2, 0.25) is 0 Å². The Labute approximate surface area is 120 Å². The lowest BCUT2D eigenvalue weighted by Crippen LogP contribution is -2.33. The van der Waals surface area contributed by atoms with Gasteiger partial charge in [0.1, 0.15) is 6.23 Å². The molecule has 0 amide bonds. The number of ether oxygens (including phenoxy) is 1. The number of halogens is 2. The van der Waals surface area contributed by atoms with E-state index in [1.54, 1.807) is 0 Å². The third-order valence-corrected chi connectivity index (χ3v) is 4.42. The first kappa shape index (κ1) is 13.8. The fourth-order valence-corrected chi connectivity index (χ4v) is 2.57. The van der Waals surface area contributed by atoms with Gasteiger partial charge in [0, 0.05) is 21.9 Å². The predicted octanol–water partition coefficient (Wildman–Crippen LogP) is 1.97. The average molecular weight is 380 g/mol. The lowest BCUT2D eigenvalue weighted by Gasteiger charge is -2.14. The normalized spacial score (nSPS) is 27.4. The number of alkyl halides is 1. The van der Waals surface area contributed by atoms with E-state index in [1.807, 2.05) is 6.92 Å². The highest BCUT2D eigenvalue weighted by Crippen LogP contribution is 2.32. The molecule has 1 unspecified atom stereocenters. The summed E-state index contributed by atoms with van der Waals surface area (Å²) < 4.78 is 7.48. The molecule has 0 bridgehead atoms. The number of H-pyrrole nitrogens is 1. The second-order valence-electron chi connectivity index (χ2n) is 4.16. The molecule has 1 fully saturated rings. The number of rotatable bonds is 2. The third kappa shape index (κ3) is 2.53. The topological polar surface area (TPSA) is 64.1 Å². The van der Waals surface area contributed by atoms with Crippen LogP contribution in [0.4, 0.5) is 0 Å². The van der Waals surface area contributed by atoms with Crippen molar-refractivity contribution in [1.82, 2.24) is 9.55 Å². The first-order chi connectivity index (χ1) is 8.40. The van der Waals surface area contributed by atoms with Crippen LogP contribution in [0.15, 0.2) is 22.4 Å². The summed E-state index contributed by atoms with van der Waals surface area (Å²) in [5, 5.41) is 0. The van der Waals surface area contributed by atoms with Crippen molar-refractivity contribution < 1.29 is 4.74 Å². The fourth-order valence-electron chi connectivity index (χ4n) is 1.84. The van der Waals surface area contributed by atoms with E-state index in [0.29, 0.717) is 16.5 Å². The molecule has 2 rings (SSSR count). The van der Waals surface area contributed by atoms with E-state index in [2.05, 4.69) is 43.4 Å². The Morgan fingerprint density at radius 1 is 1.61 bits per heavy atom. The average Bonchev–Trinajstić information content (AvgIpc) is 2.58. The van der Waals surface area contributed by atoms with E-state index < -0.39 is 11.2 Å². The Hall–Kier alpha value is -0.660. The lowest BCUT2D eigenvalue weighted by molar-refractivity contribution is 0.00865. The number of nitrogens with one attached hydrogen (secondary N) is 1. The zero-order valence-corrected chi connectivity index (χ0v) is 12.8. The minimum atomic E-state index is -0.476. The monoisotopic (exact) mass is 378 g/mol. The Kier molecular flexibility index (Phi) is 3.93. The van der Waals surface area contributed by atoms with Crippen molar-refractivity contribution in [3.8, 4) is 0 Å². The minimum absolute atomic E-state index is 0.0180. The van der Waals surface area contributed by atoms with Crippen LogP contribution < -0.4 is 11.2 Å². The molecule has 18 heavy (non-hydrogen) atoms. The Morgan fingerprint density at radius 2 is 2.28 bits per heavy atom. The van der Waals surface area contributed by atoms with Gasteiger partial charge in [0.25, 0.3) is 5.56 Å². The van der Waals surface area contributed by atoms with Crippen molar-refractivity contribution in [2.45, 2.75) is 30.5 Å². The summed E-state index contributed by atoms with van der Waals surface area (Å²) >= 11 is 6.63. The van der Waals surface area contributed by atoms with Gasteiger partial charge in [0.05, 0.1) is 11.7 Å². The highest BCUT2D eigenvalue weighted by molar-refractivity contribution is 9.15. The molecule has 1 aliphatic heterocycles. The van der Waals surface area contributed by atoms with Gasteiger partial charge in [-0.1, -0.05) is 38.4 Å². The number of hydrogen-bond acceptors (Lipinski definition) is 3. The maximum Gasteiger partial charge on any atom is 0.330 e. The molecule has 7 heteroatoms. The van der Waals surface area contributed by atoms with Crippen LogP contribution in [0.5, 0.6) is 0 Å². The summed E-state index contributed by atoms with van der Waals surface area (Å²) in [4.78, 5) is 25.8. The zero-order valence-electron chi connectivity index (χ0n) is 9.65. The van der Waals surface area contributed by atoms with Crippen molar-refractivity contribution in [3.05, 3.63) is 39.2 Å². The van der Waals surface area contributed by atoms with Crippen molar-refractivity contribution in [1.29, 1.82) is 0 Å². The zero-order chi connectivity index (χ0) is 13.4. The van der Waals surface area contributed by atoms with E-state index in [1.165, 1.54) is 10.8 Å². The van der Waals surface area contributed by atoms with E-state index in [0.717, 1.165) is 0 Å². The second kappa shape index (κ2) is 5.14. The van der Waals surface area contributed by atoms with E-state index >= 15 is 0 Å². The van der Waals surface area contributed by atoms with Gasteiger partial charge < -0.3 is 4.74 Å². The van der Waals surface area contributed by atoms with Gasteiger partial charge in [0.15, 0.2) is 0 Å². The van der Waals surface area contributed by atoms with Crippen LogP contribution >= 0.6 is 31.9 Å². The molecule has 1 saturated heterocycles. The van der Waals surface area contributed by atoms with Gasteiger partial charge in [-0.2, -0.15) is 0 Å². The van der Waals surface area contributed by atoms with E-state index in [4.69, 9.17) is 4.74 Å². The molecule has 1 aliphatic rings. The van der Waals surface area contributed by atoms with Gasteiger partial charge in [0.2, 0.25) is 0 Å². The summed E-state index contributed by atoms with van der Waals surface area (Å²) in [5.74, 6) is 0. The third-order valence-electron chi connectivity index (χ3n) is 2.88. The lowest BCUT2D eigenvalue weighted by atomic mass is 10.2. The molecule has 98 valence electrons. The number of nitrogens with zero attached hydrogens (tertiary/aromatic N) is 1. The standard InChI is InChI=1S/C11H12Br2N2O3/c1-5(12)7-4-15(11(17)14-10(7)16)9-3-8(13)6(2)18-9/h4,6,8-9H,1,3H2,2H3,(H,14,16,17)/t6-,8?,9-/m1/s1. The fraction of sp³-hybridized carbons (Fsp3) is 0.455. The molecule has 0 radical (unpaired) electrons. The maximum atomic E-state index is 11.8. The molecule has 0 spiro atoms. The van der Waals surface area contributed by atoms with Crippen molar-refractivity contribution in [2.75, 3.05) is 0 Å². The van der Waals surface area contributed by atoms with E-state index in [9.17, 15) is 9.59 Å². The number of hydrogen-bond donors (Lipinski definition) is 1. The summed E-state index contributed by atoms with van der Waals surface area (Å²) in [6.45, 7) is 5.58. The second-order valence-corrected chi connectivity index (χ2v) is 6.30. The molecule has 0 aromatic carbocycles. The molecule has 0 aliphatic carbocycles. The highest BCUT2D eigenvalue weighted by atomic mass is 79.9. The molecule has 0 saturated carbocycles. The Bertz CT molecular complexity index is 583. The largest absolute Gasteiger partial charge is 0.354 e. The van der Waals surface area contributed by atoms with Gasteiger partial charge in [-0.3, -0.25) is 14.3 Å². The minimum Gasteiger partial charge on any atom is -0.354 e. The molecular weight excluding hydrogens is 368 g/mol. The first-order valence-electron chi connectivity index (χ1n) is 5.40. The first-order valence-corrected chi connectivity index (χ1v) is 7.10. The Morgan fingerprint density at radius 3 is 2.78 bits per heavy atom. The van der Waals surface area contributed by atoms with Gasteiger partial charge in [-0.05, 0) is 6.92 Å². The van der Waals surface area contributed by atoms with Crippen LogP contribution in [0.25, 0.3) is 4.48 Å². The van der Waals surface area contributed by atoms with Crippen LogP contribution in [0.1, 0.15) is 25.1 Å². The molecular formula is C11H12Br2N2O3. The SMILES string of the molecule is C=C(Br)c1cn([C@H]2CC(Br)[C@@H](C)O2)c(=O)[nH]c1=O. The van der Waals surface area contributed by atoms with Crippen LogP contribution in [0.3, 0.4) is 0 Å². The van der Waals surface area contributed by atoms with Crippen molar-refractivity contribution in [2.24, 2.45) is 0 Å². The van der Waals surface area contributed by atoms with Crippen LogP contribution in [0, 0.1) is 0 Å². The quantitative estimate of drug-likeness (QED) is 0.799. The summed E-state index contributed by atoms with van der Waals surface area (Å²) in [7, 11) is 0. The van der Waals surface area contributed by atoms with Crippen LogP contribution in [-0.4, -0.2) is 20.5 Å². The molecule has 2 heterocycles. The molecule has 1 N–H and O–H groups in total. The van der Waals surface area contributed by atoms with Gasteiger partial charge in [-0.25, -0.2) is 4.79 Å². The molecule has 3 atom stereocenters. The van der Waals surface area contributed by atoms with Crippen molar-refractivity contribution >= 4 is 36.3 Å². The molecule has 1 aromatic rings. The van der Waals surface area contributed by atoms with Gasteiger partial charge in [-0.15, -0.1) is 0 Å². The van der Waals surface area contributed by atoms with Crippen molar-refractivity contribution in [3.63, 3.8) is 0 Å².